The van der Waals surface area contributed by atoms with E-state index >= 15 is 0 Å². The molecule has 1 aromatic carbocycles. The van der Waals surface area contributed by atoms with Gasteiger partial charge in [-0.2, -0.15) is 0 Å². The van der Waals surface area contributed by atoms with Gasteiger partial charge in [-0.15, -0.1) is 0 Å². The number of furan rings is 1. The summed E-state index contributed by atoms with van der Waals surface area (Å²) in [5.74, 6) is -2.10. The Bertz CT molecular complexity index is 1160. The van der Waals surface area contributed by atoms with Crippen LogP contribution in [0.5, 0.6) is 0 Å². The molecule has 0 aliphatic heterocycles. The number of hydrogen-bond donors (Lipinski definition) is 3. The number of carbonyl (C=O) groups is 3. The topological polar surface area (TPSA) is 117 Å². The fraction of sp³-hybridized carbons (Fsp3) is 0. The highest BCUT2D eigenvalue weighted by atomic mass is 16.3. The summed E-state index contributed by atoms with van der Waals surface area (Å²) in [5.41, 5.74) is 1.41. The third-order valence-electron chi connectivity index (χ3n) is 4.06. The van der Waals surface area contributed by atoms with Crippen molar-refractivity contribution in [1.29, 1.82) is 0 Å². The molecule has 4 rings (SSSR count). The number of H-pyrrole nitrogens is 1. The lowest BCUT2D eigenvalue weighted by Crippen LogP contribution is -2.29. The number of fused-ring (bicyclic) bond motifs is 1. The van der Waals surface area contributed by atoms with Gasteiger partial charge in [-0.1, -0.05) is 18.2 Å². The number of ketones is 1. The van der Waals surface area contributed by atoms with E-state index in [0.717, 1.165) is 0 Å². The molecular weight excluding hydrogens is 360 g/mol. The van der Waals surface area contributed by atoms with Crippen LogP contribution in [-0.4, -0.2) is 27.6 Å². The Labute approximate surface area is 158 Å². The van der Waals surface area contributed by atoms with E-state index < -0.39 is 17.6 Å². The number of hydrogen-bond acceptors (Lipinski definition) is 5. The molecule has 28 heavy (non-hydrogen) atoms. The van der Waals surface area contributed by atoms with Crippen molar-refractivity contribution in [3.05, 3.63) is 78.6 Å². The second-order valence-electron chi connectivity index (χ2n) is 5.87. The Balaban J connectivity index is 1.65. The number of carbonyl (C=O) groups excluding carboxylic acids is 3. The van der Waals surface area contributed by atoms with Crippen molar-refractivity contribution >= 4 is 39.9 Å². The zero-order valence-electron chi connectivity index (χ0n) is 14.4. The van der Waals surface area contributed by atoms with Crippen LogP contribution in [0, 0.1) is 0 Å². The van der Waals surface area contributed by atoms with E-state index in [1.54, 1.807) is 42.5 Å². The molecule has 0 spiro atoms. The van der Waals surface area contributed by atoms with Gasteiger partial charge in [-0.05, 0) is 30.3 Å². The predicted molar refractivity (Wildman–Crippen MR) is 102 cm³/mol. The van der Waals surface area contributed by atoms with Gasteiger partial charge in [0.15, 0.2) is 5.76 Å². The summed E-state index contributed by atoms with van der Waals surface area (Å²) in [7, 11) is 0. The Hall–Kier alpha value is -4.20. The first kappa shape index (κ1) is 17.2. The normalized spacial score (nSPS) is 10.6. The number of rotatable bonds is 4. The summed E-state index contributed by atoms with van der Waals surface area (Å²) < 4.78 is 5.16. The quantitative estimate of drug-likeness (QED) is 0.375. The largest absolute Gasteiger partial charge is 0.461 e. The molecule has 8 heteroatoms. The molecule has 0 atom stereocenters. The maximum atomic E-state index is 12.8. The highest BCUT2D eigenvalue weighted by molar-refractivity contribution is 6.44. The minimum Gasteiger partial charge on any atom is -0.461 e. The van der Waals surface area contributed by atoms with Gasteiger partial charge in [0.1, 0.15) is 5.69 Å². The van der Waals surface area contributed by atoms with Crippen molar-refractivity contribution in [3.8, 4) is 0 Å². The fourth-order valence-electron chi connectivity index (χ4n) is 2.77. The molecule has 3 aromatic heterocycles. The van der Waals surface area contributed by atoms with E-state index in [2.05, 4.69) is 20.6 Å². The van der Waals surface area contributed by atoms with Gasteiger partial charge < -0.3 is 20.0 Å². The average Bonchev–Trinajstić information content (AvgIpc) is 3.37. The lowest BCUT2D eigenvalue weighted by molar-refractivity contribution is -0.132. The third-order valence-corrected chi connectivity index (χ3v) is 4.06. The van der Waals surface area contributed by atoms with E-state index in [1.165, 1.54) is 24.7 Å². The van der Waals surface area contributed by atoms with Crippen molar-refractivity contribution in [2.75, 3.05) is 10.6 Å². The molecule has 0 saturated carbocycles. The second kappa shape index (κ2) is 7.20. The Morgan fingerprint density at radius 2 is 1.64 bits per heavy atom. The fourth-order valence-corrected chi connectivity index (χ4v) is 2.77. The number of nitrogens with one attached hydrogen (secondary N) is 3. The summed E-state index contributed by atoms with van der Waals surface area (Å²) in [6.45, 7) is 0. The molecule has 0 aliphatic rings. The number of benzene rings is 1. The van der Waals surface area contributed by atoms with Gasteiger partial charge in [0.25, 0.3) is 0 Å². The smallest absolute Gasteiger partial charge is 0.314 e. The van der Waals surface area contributed by atoms with E-state index in [1.807, 2.05) is 0 Å². The third kappa shape index (κ3) is 3.26. The summed E-state index contributed by atoms with van der Waals surface area (Å²) in [4.78, 5) is 44.2. The van der Waals surface area contributed by atoms with Gasteiger partial charge >= 0.3 is 11.8 Å². The minimum atomic E-state index is -0.907. The van der Waals surface area contributed by atoms with Crippen LogP contribution in [0.3, 0.4) is 0 Å². The molecular formula is C20H14N4O4. The second-order valence-corrected chi connectivity index (χ2v) is 5.87. The molecule has 4 aromatic rings. The van der Waals surface area contributed by atoms with E-state index in [9.17, 15) is 14.4 Å². The number of aromatic amines is 1. The van der Waals surface area contributed by atoms with Crippen LogP contribution in [-0.2, 0) is 9.59 Å². The number of nitrogens with zero attached hydrogens (tertiary/aromatic N) is 1. The van der Waals surface area contributed by atoms with E-state index in [-0.39, 0.29) is 17.1 Å². The Morgan fingerprint density at radius 1 is 0.893 bits per heavy atom. The van der Waals surface area contributed by atoms with E-state index in [4.69, 9.17) is 4.42 Å². The molecule has 3 heterocycles. The van der Waals surface area contributed by atoms with Crippen molar-refractivity contribution < 1.29 is 18.8 Å². The van der Waals surface area contributed by atoms with Crippen molar-refractivity contribution in [1.82, 2.24) is 9.97 Å². The molecule has 8 nitrogen and oxygen atoms in total. The summed E-state index contributed by atoms with van der Waals surface area (Å²) >= 11 is 0. The molecule has 0 unspecified atom stereocenters. The zero-order chi connectivity index (χ0) is 19.5. The van der Waals surface area contributed by atoms with Crippen LogP contribution in [0.15, 0.2) is 71.6 Å². The van der Waals surface area contributed by atoms with Gasteiger partial charge in [0.2, 0.25) is 5.78 Å². The molecule has 3 N–H and O–H groups in total. The van der Waals surface area contributed by atoms with Crippen molar-refractivity contribution in [3.63, 3.8) is 0 Å². The molecule has 0 saturated heterocycles. The van der Waals surface area contributed by atoms with Gasteiger partial charge in [-0.25, -0.2) is 0 Å². The molecule has 0 bridgehead atoms. The maximum Gasteiger partial charge on any atom is 0.314 e. The SMILES string of the molecule is O=C(Nc1ccncc1)C(=O)Nc1c(C(=O)c2ccco2)[nH]c2ccccc12. The Kier molecular flexibility index (Phi) is 4.43. The highest BCUT2D eigenvalue weighted by Gasteiger charge is 2.24. The molecule has 0 radical (unpaired) electrons. The van der Waals surface area contributed by atoms with Crippen LogP contribution < -0.4 is 10.6 Å². The first-order valence-corrected chi connectivity index (χ1v) is 8.35. The maximum absolute atomic E-state index is 12.8. The molecule has 2 amide bonds. The summed E-state index contributed by atoms with van der Waals surface area (Å²) in [6.07, 6.45) is 4.37. The Morgan fingerprint density at radius 3 is 2.39 bits per heavy atom. The monoisotopic (exact) mass is 374 g/mol. The number of amides is 2. The van der Waals surface area contributed by atoms with Gasteiger partial charge in [0, 0.05) is 29.0 Å². The van der Waals surface area contributed by atoms with Crippen molar-refractivity contribution in [2.45, 2.75) is 0 Å². The predicted octanol–water partition coefficient (Wildman–Crippen LogP) is 2.96. The zero-order valence-corrected chi connectivity index (χ0v) is 14.4. The molecule has 0 fully saturated rings. The minimum absolute atomic E-state index is 0.114. The number of anilines is 2. The van der Waals surface area contributed by atoms with Crippen LogP contribution in [0.25, 0.3) is 10.9 Å². The van der Waals surface area contributed by atoms with Gasteiger partial charge in [0.05, 0.1) is 12.0 Å². The highest BCUT2D eigenvalue weighted by Crippen LogP contribution is 2.29. The van der Waals surface area contributed by atoms with Crippen LogP contribution in [0.4, 0.5) is 11.4 Å². The average molecular weight is 374 g/mol. The standard InChI is InChI=1S/C20H14N4O4/c25-18(15-6-3-11-28-15)17-16(13-4-1-2-5-14(13)23-17)24-20(27)19(26)22-12-7-9-21-10-8-12/h1-11,23H,(H,24,27)(H,21,22,26). The number of pyridine rings is 1. The lowest BCUT2D eigenvalue weighted by atomic mass is 10.1. The summed E-state index contributed by atoms with van der Waals surface area (Å²) in [5, 5.41) is 5.61. The van der Waals surface area contributed by atoms with Gasteiger partial charge in [-0.3, -0.25) is 19.4 Å². The molecule has 0 aliphatic carbocycles. The number of aromatic nitrogens is 2. The van der Waals surface area contributed by atoms with Crippen LogP contribution >= 0.6 is 0 Å². The number of para-hydroxylation sites is 1. The lowest BCUT2D eigenvalue weighted by Gasteiger charge is -2.07. The first-order chi connectivity index (χ1) is 13.6. The van der Waals surface area contributed by atoms with Crippen LogP contribution in [0.1, 0.15) is 16.2 Å². The van der Waals surface area contributed by atoms with Crippen molar-refractivity contribution in [2.24, 2.45) is 0 Å². The first-order valence-electron chi connectivity index (χ1n) is 8.35. The molecule has 138 valence electrons. The van der Waals surface area contributed by atoms with Crippen LogP contribution in [0.2, 0.25) is 0 Å². The summed E-state index contributed by atoms with van der Waals surface area (Å²) in [6, 6.07) is 13.3. The van der Waals surface area contributed by atoms with E-state index in [0.29, 0.717) is 16.6 Å².